The predicted octanol–water partition coefficient (Wildman–Crippen LogP) is 3.77. The lowest BCUT2D eigenvalue weighted by Gasteiger charge is -2.41. The van der Waals surface area contributed by atoms with Gasteiger partial charge in [0.25, 0.3) is 0 Å². The molecule has 2 fully saturated rings. The summed E-state index contributed by atoms with van der Waals surface area (Å²) in [4.78, 5) is 0. The van der Waals surface area contributed by atoms with Gasteiger partial charge >= 0.3 is 0 Å². The summed E-state index contributed by atoms with van der Waals surface area (Å²) in [6.07, 6.45) is 6.72. The molecule has 0 bridgehead atoms. The van der Waals surface area contributed by atoms with Gasteiger partial charge in [0.05, 0.1) is 5.60 Å². The number of aliphatic hydroxyl groups is 1. The van der Waals surface area contributed by atoms with Crippen molar-refractivity contribution in [3.05, 3.63) is 35.4 Å². The van der Waals surface area contributed by atoms with Crippen LogP contribution < -0.4 is 5.32 Å². The minimum atomic E-state index is -0.444. The quantitative estimate of drug-likeness (QED) is 0.883. The summed E-state index contributed by atoms with van der Waals surface area (Å²) in [6, 6.07) is 9.34. The second-order valence-electron chi connectivity index (χ2n) is 7.51. The van der Waals surface area contributed by atoms with E-state index >= 15 is 0 Å². The molecular formula is C19H29NO. The van der Waals surface area contributed by atoms with Crippen LogP contribution in [0.3, 0.4) is 0 Å². The molecule has 2 saturated carbocycles. The van der Waals surface area contributed by atoms with Crippen molar-refractivity contribution in [3.63, 3.8) is 0 Å². The van der Waals surface area contributed by atoms with Crippen molar-refractivity contribution >= 4 is 0 Å². The second kappa shape index (κ2) is 6.10. The summed E-state index contributed by atoms with van der Waals surface area (Å²) in [6.45, 7) is 5.29. The van der Waals surface area contributed by atoms with E-state index in [4.69, 9.17) is 0 Å². The Bertz CT molecular complexity index is 470. The first-order valence-electron chi connectivity index (χ1n) is 8.57. The highest BCUT2D eigenvalue weighted by molar-refractivity contribution is 5.31. The summed E-state index contributed by atoms with van der Waals surface area (Å²) >= 11 is 0. The first kappa shape index (κ1) is 15.1. The lowest BCUT2D eigenvalue weighted by molar-refractivity contribution is -0.0108. The fourth-order valence-electron chi connectivity index (χ4n) is 3.89. The van der Waals surface area contributed by atoms with Gasteiger partial charge in [-0.05, 0) is 68.4 Å². The highest BCUT2D eigenvalue weighted by atomic mass is 16.3. The number of benzene rings is 1. The SMILES string of the molecule is Cc1ccccc1C1CC(NCC2(O)CCC(C)CC2)C1. The molecular weight excluding hydrogens is 258 g/mol. The van der Waals surface area contributed by atoms with Gasteiger partial charge in [-0.15, -0.1) is 0 Å². The fraction of sp³-hybridized carbons (Fsp3) is 0.684. The normalized spacial score (nSPS) is 36.2. The van der Waals surface area contributed by atoms with Crippen LogP contribution in [0.25, 0.3) is 0 Å². The van der Waals surface area contributed by atoms with E-state index in [2.05, 4.69) is 43.4 Å². The molecule has 3 rings (SSSR count). The molecule has 0 heterocycles. The molecule has 1 aromatic rings. The highest BCUT2D eigenvalue weighted by Crippen LogP contribution is 2.39. The highest BCUT2D eigenvalue weighted by Gasteiger charge is 2.35. The molecule has 0 aromatic heterocycles. The maximum Gasteiger partial charge on any atom is 0.0771 e. The minimum Gasteiger partial charge on any atom is -0.389 e. The lowest BCUT2D eigenvalue weighted by Crippen LogP contribution is -2.49. The van der Waals surface area contributed by atoms with E-state index in [9.17, 15) is 5.11 Å². The molecule has 0 spiro atoms. The van der Waals surface area contributed by atoms with Crippen molar-refractivity contribution in [2.75, 3.05) is 6.54 Å². The van der Waals surface area contributed by atoms with E-state index in [0.717, 1.165) is 25.3 Å². The fourth-order valence-corrected chi connectivity index (χ4v) is 3.89. The van der Waals surface area contributed by atoms with E-state index in [1.807, 2.05) is 0 Å². The summed E-state index contributed by atoms with van der Waals surface area (Å²) in [5.74, 6) is 1.50. The van der Waals surface area contributed by atoms with Gasteiger partial charge in [0.2, 0.25) is 0 Å². The molecule has 2 aliphatic rings. The van der Waals surface area contributed by atoms with Gasteiger partial charge < -0.3 is 10.4 Å². The smallest absolute Gasteiger partial charge is 0.0771 e. The van der Waals surface area contributed by atoms with Crippen LogP contribution in [0.15, 0.2) is 24.3 Å². The number of hydrogen-bond donors (Lipinski definition) is 2. The van der Waals surface area contributed by atoms with E-state index in [-0.39, 0.29) is 0 Å². The Hall–Kier alpha value is -0.860. The zero-order valence-corrected chi connectivity index (χ0v) is 13.4. The molecule has 0 radical (unpaired) electrons. The molecule has 0 atom stereocenters. The average molecular weight is 287 g/mol. The Labute approximate surface area is 129 Å². The maximum atomic E-state index is 10.6. The van der Waals surface area contributed by atoms with Crippen LogP contribution in [0.4, 0.5) is 0 Å². The van der Waals surface area contributed by atoms with Crippen molar-refractivity contribution in [2.45, 2.75) is 69.9 Å². The molecule has 2 nitrogen and oxygen atoms in total. The summed E-state index contributed by atoms with van der Waals surface area (Å²) in [5, 5.41) is 14.2. The van der Waals surface area contributed by atoms with Crippen LogP contribution in [0.5, 0.6) is 0 Å². The second-order valence-corrected chi connectivity index (χ2v) is 7.51. The van der Waals surface area contributed by atoms with Crippen LogP contribution in [0.1, 0.15) is 62.5 Å². The lowest BCUT2D eigenvalue weighted by atomic mass is 9.74. The zero-order chi connectivity index (χ0) is 14.9. The monoisotopic (exact) mass is 287 g/mol. The van der Waals surface area contributed by atoms with E-state index < -0.39 is 5.60 Å². The number of hydrogen-bond acceptors (Lipinski definition) is 2. The summed E-state index contributed by atoms with van der Waals surface area (Å²) in [7, 11) is 0. The predicted molar refractivity (Wildman–Crippen MR) is 87.5 cm³/mol. The van der Waals surface area contributed by atoms with E-state index in [0.29, 0.717) is 12.0 Å². The Balaban J connectivity index is 1.44. The largest absolute Gasteiger partial charge is 0.389 e. The van der Waals surface area contributed by atoms with Crippen LogP contribution >= 0.6 is 0 Å². The molecule has 0 amide bonds. The summed E-state index contributed by atoms with van der Waals surface area (Å²) in [5.41, 5.74) is 2.49. The topological polar surface area (TPSA) is 32.3 Å². The van der Waals surface area contributed by atoms with Gasteiger partial charge in [-0.25, -0.2) is 0 Å². The van der Waals surface area contributed by atoms with Crippen molar-refractivity contribution < 1.29 is 5.11 Å². The van der Waals surface area contributed by atoms with Crippen molar-refractivity contribution in [3.8, 4) is 0 Å². The molecule has 0 unspecified atom stereocenters. The first-order valence-corrected chi connectivity index (χ1v) is 8.57. The third-order valence-corrected chi connectivity index (χ3v) is 5.69. The Morgan fingerprint density at radius 3 is 2.52 bits per heavy atom. The average Bonchev–Trinajstić information content (AvgIpc) is 2.43. The van der Waals surface area contributed by atoms with Crippen LogP contribution in [0, 0.1) is 12.8 Å². The van der Waals surface area contributed by atoms with E-state index in [1.165, 1.54) is 36.8 Å². The van der Waals surface area contributed by atoms with Crippen LogP contribution in [-0.4, -0.2) is 23.3 Å². The first-order chi connectivity index (χ1) is 10.1. The number of aryl methyl sites for hydroxylation is 1. The summed E-state index contributed by atoms with van der Waals surface area (Å²) < 4.78 is 0. The van der Waals surface area contributed by atoms with Crippen LogP contribution in [-0.2, 0) is 0 Å². The third-order valence-electron chi connectivity index (χ3n) is 5.69. The molecule has 1 aromatic carbocycles. The Morgan fingerprint density at radius 2 is 1.86 bits per heavy atom. The molecule has 0 saturated heterocycles. The van der Waals surface area contributed by atoms with Gasteiger partial charge in [0, 0.05) is 12.6 Å². The van der Waals surface area contributed by atoms with Crippen molar-refractivity contribution in [2.24, 2.45) is 5.92 Å². The van der Waals surface area contributed by atoms with Gasteiger partial charge in [-0.2, -0.15) is 0 Å². The number of nitrogens with one attached hydrogen (secondary N) is 1. The van der Waals surface area contributed by atoms with Gasteiger partial charge in [-0.1, -0.05) is 31.2 Å². The van der Waals surface area contributed by atoms with Gasteiger partial charge in [-0.3, -0.25) is 0 Å². The zero-order valence-electron chi connectivity index (χ0n) is 13.4. The Morgan fingerprint density at radius 1 is 1.19 bits per heavy atom. The molecule has 0 aliphatic heterocycles. The van der Waals surface area contributed by atoms with E-state index in [1.54, 1.807) is 0 Å². The third kappa shape index (κ3) is 3.49. The van der Waals surface area contributed by atoms with Crippen molar-refractivity contribution in [1.82, 2.24) is 5.32 Å². The van der Waals surface area contributed by atoms with Gasteiger partial charge in [0.15, 0.2) is 0 Å². The molecule has 2 heteroatoms. The molecule has 2 aliphatic carbocycles. The number of rotatable bonds is 4. The van der Waals surface area contributed by atoms with Crippen LogP contribution in [0.2, 0.25) is 0 Å². The molecule has 116 valence electrons. The standard InChI is InChI=1S/C19H29NO/c1-14-7-9-19(21,10-8-14)13-20-17-11-16(12-17)18-6-4-3-5-15(18)2/h3-6,14,16-17,20-21H,7-13H2,1-2H3. The molecule has 21 heavy (non-hydrogen) atoms. The van der Waals surface area contributed by atoms with Gasteiger partial charge in [0.1, 0.15) is 0 Å². The van der Waals surface area contributed by atoms with Crippen molar-refractivity contribution in [1.29, 1.82) is 0 Å². The Kier molecular flexibility index (Phi) is 4.37. The molecule has 2 N–H and O–H groups in total. The minimum absolute atomic E-state index is 0.444. The maximum absolute atomic E-state index is 10.6.